The van der Waals surface area contributed by atoms with Crippen molar-refractivity contribution < 1.29 is 17.6 Å². The average molecular weight is 273 g/mol. The topological polar surface area (TPSA) is 93.4 Å². The summed E-state index contributed by atoms with van der Waals surface area (Å²) in [6, 6.07) is 2.34. The molecule has 0 aromatic carbocycles. The Bertz CT molecular complexity index is 575. The van der Waals surface area contributed by atoms with E-state index in [1.54, 1.807) is 0 Å². The molecule has 0 bridgehead atoms. The quantitative estimate of drug-likeness (QED) is 0.819. The molecule has 8 heteroatoms. The van der Waals surface area contributed by atoms with Gasteiger partial charge in [-0.25, -0.2) is 17.8 Å². The molecule has 1 aromatic rings. The van der Waals surface area contributed by atoms with Crippen molar-refractivity contribution in [1.82, 2.24) is 9.29 Å². The van der Waals surface area contributed by atoms with Crippen LogP contribution in [-0.4, -0.2) is 36.7 Å². The third kappa shape index (κ3) is 2.21. The summed E-state index contributed by atoms with van der Waals surface area (Å²) in [4.78, 5) is 14.5. The average Bonchev–Trinajstić information content (AvgIpc) is 2.79. The van der Waals surface area contributed by atoms with Crippen molar-refractivity contribution >= 4 is 15.9 Å². The van der Waals surface area contributed by atoms with Gasteiger partial charge in [-0.3, -0.25) is 4.79 Å². The van der Waals surface area contributed by atoms with E-state index >= 15 is 0 Å². The molecule has 1 unspecified atom stereocenters. The van der Waals surface area contributed by atoms with Crippen molar-refractivity contribution in [2.24, 2.45) is 11.7 Å². The highest BCUT2D eigenvalue weighted by Gasteiger charge is 2.36. The van der Waals surface area contributed by atoms with Crippen LogP contribution in [0.25, 0.3) is 0 Å². The monoisotopic (exact) mass is 273 g/mol. The highest BCUT2D eigenvalue weighted by molar-refractivity contribution is 7.89. The summed E-state index contributed by atoms with van der Waals surface area (Å²) >= 11 is 0. The normalized spacial score (nSPS) is 21.1. The maximum absolute atomic E-state index is 13.4. The van der Waals surface area contributed by atoms with Gasteiger partial charge in [-0.1, -0.05) is 0 Å². The van der Waals surface area contributed by atoms with Gasteiger partial charge in [0.2, 0.25) is 10.9 Å². The van der Waals surface area contributed by atoms with E-state index < -0.39 is 32.7 Å². The van der Waals surface area contributed by atoms with Gasteiger partial charge in [-0.15, -0.1) is 0 Å². The van der Waals surface area contributed by atoms with Crippen LogP contribution in [0.5, 0.6) is 0 Å². The van der Waals surface area contributed by atoms with E-state index in [4.69, 9.17) is 5.73 Å². The third-order valence-electron chi connectivity index (χ3n) is 2.86. The molecular formula is C10H12FN3O3S. The van der Waals surface area contributed by atoms with Crippen LogP contribution in [0.15, 0.2) is 23.4 Å². The fourth-order valence-electron chi connectivity index (χ4n) is 1.86. The van der Waals surface area contributed by atoms with Crippen LogP contribution >= 0.6 is 0 Å². The lowest BCUT2D eigenvalue weighted by Gasteiger charge is -2.15. The van der Waals surface area contributed by atoms with E-state index in [9.17, 15) is 17.6 Å². The molecular weight excluding hydrogens is 261 g/mol. The molecule has 1 aliphatic heterocycles. The van der Waals surface area contributed by atoms with Crippen LogP contribution in [0, 0.1) is 11.7 Å². The van der Waals surface area contributed by atoms with Gasteiger partial charge in [0.15, 0.2) is 5.82 Å². The van der Waals surface area contributed by atoms with Crippen LogP contribution in [0.3, 0.4) is 0 Å². The number of hydrogen-bond acceptors (Lipinski definition) is 4. The third-order valence-corrected chi connectivity index (χ3v) is 4.66. The van der Waals surface area contributed by atoms with Crippen LogP contribution in [0.2, 0.25) is 0 Å². The van der Waals surface area contributed by atoms with E-state index in [0.29, 0.717) is 6.42 Å². The minimum Gasteiger partial charge on any atom is -0.369 e. The van der Waals surface area contributed by atoms with Gasteiger partial charge in [0, 0.05) is 19.3 Å². The highest BCUT2D eigenvalue weighted by Crippen LogP contribution is 2.24. The molecule has 98 valence electrons. The molecule has 6 nitrogen and oxygen atoms in total. The molecule has 1 saturated heterocycles. The molecule has 1 atom stereocenters. The van der Waals surface area contributed by atoms with Gasteiger partial charge in [0.25, 0.3) is 10.0 Å². The number of amides is 1. The van der Waals surface area contributed by atoms with Crippen LogP contribution in [-0.2, 0) is 14.8 Å². The zero-order chi connectivity index (χ0) is 13.3. The molecule has 18 heavy (non-hydrogen) atoms. The number of pyridine rings is 1. The molecule has 1 aromatic heterocycles. The van der Waals surface area contributed by atoms with Crippen molar-refractivity contribution in [1.29, 1.82) is 0 Å². The second-order valence-electron chi connectivity index (χ2n) is 4.04. The van der Waals surface area contributed by atoms with Gasteiger partial charge in [-0.05, 0) is 18.6 Å². The number of nitrogens with zero attached hydrogens (tertiary/aromatic N) is 2. The van der Waals surface area contributed by atoms with Crippen molar-refractivity contribution in [3.8, 4) is 0 Å². The number of aromatic nitrogens is 1. The summed E-state index contributed by atoms with van der Waals surface area (Å²) in [5, 5.41) is -0.616. The number of halogens is 1. The number of carbonyl (C=O) groups is 1. The second kappa shape index (κ2) is 4.62. The Kier molecular flexibility index (Phi) is 3.31. The number of hydrogen-bond donors (Lipinski definition) is 1. The fraction of sp³-hybridized carbons (Fsp3) is 0.400. The summed E-state index contributed by atoms with van der Waals surface area (Å²) in [5.74, 6) is -1.97. The van der Waals surface area contributed by atoms with E-state index in [1.807, 2.05) is 0 Å². The zero-order valence-corrected chi connectivity index (χ0v) is 10.2. The number of sulfonamides is 1. The van der Waals surface area contributed by atoms with Gasteiger partial charge >= 0.3 is 0 Å². The first-order valence-corrected chi connectivity index (χ1v) is 6.77. The van der Waals surface area contributed by atoms with Crippen LogP contribution in [0.4, 0.5) is 4.39 Å². The number of primary amides is 1. The molecule has 0 aliphatic carbocycles. The SMILES string of the molecule is NC(=O)C1CCN(S(=O)(=O)c2ncccc2F)C1. The van der Waals surface area contributed by atoms with Gasteiger partial charge < -0.3 is 5.73 Å². The minimum absolute atomic E-state index is 0.0202. The Labute approximate surface area is 104 Å². The fourth-order valence-corrected chi connectivity index (χ4v) is 3.34. The van der Waals surface area contributed by atoms with Crippen molar-refractivity contribution in [2.75, 3.05) is 13.1 Å². The summed E-state index contributed by atoms with van der Waals surface area (Å²) in [6.07, 6.45) is 1.56. The molecule has 0 saturated carbocycles. The molecule has 0 spiro atoms. The van der Waals surface area contributed by atoms with Crippen molar-refractivity contribution in [3.63, 3.8) is 0 Å². The van der Waals surface area contributed by atoms with E-state index in [2.05, 4.69) is 4.98 Å². The Hall–Kier alpha value is -1.54. The first-order chi connectivity index (χ1) is 8.43. The standard InChI is InChI=1S/C10H12FN3O3S/c11-8-2-1-4-13-10(8)18(16,17)14-5-3-7(6-14)9(12)15/h1-2,4,7H,3,5-6H2,(H2,12,15). The summed E-state index contributed by atoms with van der Waals surface area (Å²) < 4.78 is 38.7. The molecule has 1 aliphatic rings. The molecule has 0 radical (unpaired) electrons. The minimum atomic E-state index is -4.00. The highest BCUT2D eigenvalue weighted by atomic mass is 32.2. The lowest BCUT2D eigenvalue weighted by molar-refractivity contribution is -0.121. The van der Waals surface area contributed by atoms with Crippen LogP contribution in [0.1, 0.15) is 6.42 Å². The lowest BCUT2D eigenvalue weighted by Crippen LogP contribution is -2.32. The molecule has 2 heterocycles. The first-order valence-electron chi connectivity index (χ1n) is 5.33. The smallest absolute Gasteiger partial charge is 0.263 e. The van der Waals surface area contributed by atoms with E-state index in [1.165, 1.54) is 12.3 Å². The Morgan fingerprint density at radius 2 is 2.28 bits per heavy atom. The van der Waals surface area contributed by atoms with Gasteiger partial charge in [-0.2, -0.15) is 4.31 Å². The molecule has 1 amide bonds. The van der Waals surface area contributed by atoms with Crippen molar-refractivity contribution in [2.45, 2.75) is 11.4 Å². The molecule has 2 rings (SSSR count). The number of carbonyl (C=O) groups excluding carboxylic acids is 1. The number of rotatable bonds is 3. The zero-order valence-electron chi connectivity index (χ0n) is 9.41. The Balaban J connectivity index is 2.29. The summed E-state index contributed by atoms with van der Waals surface area (Å²) in [7, 11) is -4.00. The predicted molar refractivity (Wildman–Crippen MR) is 60.3 cm³/mol. The molecule has 1 fully saturated rings. The van der Waals surface area contributed by atoms with Crippen LogP contribution < -0.4 is 5.73 Å². The lowest BCUT2D eigenvalue weighted by atomic mass is 10.1. The number of nitrogens with two attached hydrogens (primary N) is 1. The second-order valence-corrected chi connectivity index (χ2v) is 5.89. The van der Waals surface area contributed by atoms with E-state index in [-0.39, 0.29) is 13.1 Å². The summed E-state index contributed by atoms with van der Waals surface area (Å²) in [6.45, 7) is 0.125. The predicted octanol–water partition coefficient (Wildman–Crippen LogP) is -0.283. The van der Waals surface area contributed by atoms with Gasteiger partial charge in [0.1, 0.15) is 0 Å². The Morgan fingerprint density at radius 3 is 2.83 bits per heavy atom. The first kappa shape index (κ1) is 12.9. The van der Waals surface area contributed by atoms with Crippen molar-refractivity contribution in [3.05, 3.63) is 24.1 Å². The summed E-state index contributed by atoms with van der Waals surface area (Å²) in [5.41, 5.74) is 5.12. The Morgan fingerprint density at radius 1 is 1.56 bits per heavy atom. The molecule has 2 N–H and O–H groups in total. The maximum Gasteiger partial charge on any atom is 0.263 e. The largest absolute Gasteiger partial charge is 0.369 e. The van der Waals surface area contributed by atoms with Gasteiger partial charge in [0.05, 0.1) is 5.92 Å². The van der Waals surface area contributed by atoms with E-state index in [0.717, 1.165) is 10.4 Å². The maximum atomic E-state index is 13.4.